The molecule has 3 aromatic rings. The Labute approximate surface area is 168 Å². The highest BCUT2D eigenvalue weighted by Gasteiger charge is 2.17. The van der Waals surface area contributed by atoms with Crippen LogP contribution in [0.15, 0.2) is 64.1 Å². The average molecular weight is 394 g/mol. The molecule has 1 aliphatic heterocycles. The monoisotopic (exact) mass is 394 g/mol. The lowest BCUT2D eigenvalue weighted by Gasteiger charge is -2.27. The minimum atomic E-state index is -0.231. The summed E-state index contributed by atoms with van der Waals surface area (Å²) in [6, 6.07) is 16.3. The fourth-order valence-electron chi connectivity index (χ4n) is 3.33. The Bertz CT molecular complexity index is 994. The number of hydrogen-bond donors (Lipinski definition) is 1. The predicted molar refractivity (Wildman–Crippen MR) is 110 cm³/mol. The van der Waals surface area contributed by atoms with Gasteiger partial charge in [0.15, 0.2) is 5.96 Å². The van der Waals surface area contributed by atoms with E-state index < -0.39 is 0 Å². The molecule has 2 aromatic carbocycles. The second-order valence-corrected chi connectivity index (χ2v) is 6.98. The zero-order valence-electron chi connectivity index (χ0n) is 16.2. The van der Waals surface area contributed by atoms with Gasteiger partial charge in [-0.3, -0.25) is 0 Å². The summed E-state index contributed by atoms with van der Waals surface area (Å²) < 4.78 is 24.7. The van der Waals surface area contributed by atoms with Crippen molar-refractivity contribution in [3.63, 3.8) is 0 Å². The van der Waals surface area contributed by atoms with Gasteiger partial charge in [-0.2, -0.15) is 4.99 Å². The van der Waals surface area contributed by atoms with E-state index >= 15 is 0 Å². The molecule has 2 N–H and O–H groups in total. The van der Waals surface area contributed by atoms with E-state index in [-0.39, 0.29) is 11.7 Å². The second kappa shape index (κ2) is 8.45. The van der Waals surface area contributed by atoms with Gasteiger partial charge in [-0.05, 0) is 17.2 Å². The van der Waals surface area contributed by atoms with E-state index in [0.29, 0.717) is 43.7 Å². The number of morpholine rings is 1. The summed E-state index contributed by atoms with van der Waals surface area (Å²) in [6.07, 6.45) is 0. The van der Waals surface area contributed by atoms with Crippen LogP contribution in [0.5, 0.6) is 0 Å². The number of benzene rings is 2. The predicted octanol–water partition coefficient (Wildman–Crippen LogP) is 3.91. The molecule has 2 heterocycles. The van der Waals surface area contributed by atoms with E-state index in [0.717, 1.165) is 16.8 Å². The maximum atomic E-state index is 14.0. The Morgan fingerprint density at radius 2 is 1.86 bits per heavy atom. The lowest BCUT2D eigenvalue weighted by atomic mass is 9.95. The van der Waals surface area contributed by atoms with Crippen LogP contribution in [0.1, 0.15) is 24.1 Å². The molecule has 29 heavy (non-hydrogen) atoms. The summed E-state index contributed by atoms with van der Waals surface area (Å²) in [4.78, 5) is 6.29. The minimum Gasteiger partial charge on any atom is -0.378 e. The van der Waals surface area contributed by atoms with E-state index in [1.807, 2.05) is 42.2 Å². The normalized spacial score (nSPS) is 16.1. The molecule has 1 aliphatic rings. The number of nitrogens with two attached hydrogens (primary N) is 1. The Morgan fingerprint density at radius 3 is 2.59 bits per heavy atom. The third-order valence-corrected chi connectivity index (χ3v) is 5.11. The Kier molecular flexibility index (Phi) is 5.57. The second-order valence-electron chi connectivity index (χ2n) is 6.98. The summed E-state index contributed by atoms with van der Waals surface area (Å²) in [7, 11) is 0. The fourth-order valence-corrected chi connectivity index (χ4v) is 3.33. The van der Waals surface area contributed by atoms with Crippen molar-refractivity contribution in [3.05, 3.63) is 71.7 Å². The van der Waals surface area contributed by atoms with Crippen LogP contribution in [0.4, 0.5) is 10.3 Å². The van der Waals surface area contributed by atoms with Gasteiger partial charge in [0, 0.05) is 30.6 Å². The molecule has 1 unspecified atom stereocenters. The molecule has 1 saturated heterocycles. The highest BCUT2D eigenvalue weighted by molar-refractivity contribution is 5.80. The summed E-state index contributed by atoms with van der Waals surface area (Å²) in [6.45, 7) is 4.73. The number of rotatable bonds is 4. The number of hydrogen-bond acceptors (Lipinski definition) is 4. The van der Waals surface area contributed by atoms with Gasteiger partial charge in [-0.1, -0.05) is 54.5 Å². The van der Waals surface area contributed by atoms with Gasteiger partial charge in [0.2, 0.25) is 0 Å². The zero-order chi connectivity index (χ0) is 20.2. The molecule has 0 bridgehead atoms. The highest BCUT2D eigenvalue weighted by atomic mass is 19.1. The van der Waals surface area contributed by atoms with Gasteiger partial charge in [-0.25, -0.2) is 4.39 Å². The van der Waals surface area contributed by atoms with Crippen molar-refractivity contribution in [1.82, 2.24) is 10.1 Å². The molecule has 0 amide bonds. The summed E-state index contributed by atoms with van der Waals surface area (Å²) >= 11 is 0. The van der Waals surface area contributed by atoms with Gasteiger partial charge in [0.05, 0.1) is 18.9 Å². The van der Waals surface area contributed by atoms with Gasteiger partial charge < -0.3 is 19.9 Å². The van der Waals surface area contributed by atoms with Crippen molar-refractivity contribution in [3.8, 4) is 11.1 Å². The van der Waals surface area contributed by atoms with E-state index in [2.05, 4.69) is 10.1 Å². The first-order chi connectivity index (χ1) is 14.1. The molecule has 150 valence electrons. The Hall–Kier alpha value is -3.19. The molecule has 0 aliphatic carbocycles. The van der Waals surface area contributed by atoms with E-state index in [9.17, 15) is 4.39 Å². The maximum absolute atomic E-state index is 14.0. The maximum Gasteiger partial charge on any atom is 0.253 e. The van der Waals surface area contributed by atoms with Crippen LogP contribution in [0, 0.1) is 5.82 Å². The first-order valence-corrected chi connectivity index (χ1v) is 9.60. The fraction of sp³-hybridized carbons (Fsp3) is 0.273. The van der Waals surface area contributed by atoms with Crippen molar-refractivity contribution in [2.24, 2.45) is 10.7 Å². The van der Waals surface area contributed by atoms with Crippen molar-refractivity contribution in [1.29, 1.82) is 0 Å². The molecule has 1 atom stereocenters. The van der Waals surface area contributed by atoms with Gasteiger partial charge in [-0.15, -0.1) is 0 Å². The zero-order valence-corrected chi connectivity index (χ0v) is 16.2. The van der Waals surface area contributed by atoms with Crippen LogP contribution < -0.4 is 5.73 Å². The Morgan fingerprint density at radius 1 is 1.14 bits per heavy atom. The number of nitrogens with zero attached hydrogens (tertiary/aromatic N) is 3. The van der Waals surface area contributed by atoms with Crippen LogP contribution >= 0.6 is 0 Å². The molecule has 6 nitrogen and oxygen atoms in total. The molecule has 0 spiro atoms. The molecular formula is C22H23FN4O2. The molecule has 1 aromatic heterocycles. The third-order valence-electron chi connectivity index (χ3n) is 5.11. The van der Waals surface area contributed by atoms with Crippen molar-refractivity contribution < 1.29 is 13.7 Å². The van der Waals surface area contributed by atoms with Gasteiger partial charge in [0.25, 0.3) is 5.88 Å². The highest BCUT2D eigenvalue weighted by Crippen LogP contribution is 2.29. The van der Waals surface area contributed by atoms with Crippen molar-refractivity contribution >= 4 is 11.8 Å². The van der Waals surface area contributed by atoms with E-state index in [1.54, 1.807) is 18.2 Å². The summed E-state index contributed by atoms with van der Waals surface area (Å²) in [5, 5.41) is 4.14. The van der Waals surface area contributed by atoms with Crippen LogP contribution in [-0.4, -0.2) is 42.3 Å². The topological polar surface area (TPSA) is 76.9 Å². The van der Waals surface area contributed by atoms with E-state index in [4.69, 9.17) is 15.0 Å². The SMILES string of the molecule is CC(c1ccc(-c2ccccc2F)cc1)c1cc(/N=C(/N)N2CCOCC2)on1. The van der Waals surface area contributed by atoms with Crippen LogP contribution in [0.25, 0.3) is 11.1 Å². The summed E-state index contributed by atoms with van der Waals surface area (Å²) in [5.74, 6) is 0.545. The number of aromatic nitrogens is 1. The first-order valence-electron chi connectivity index (χ1n) is 9.60. The molecule has 7 heteroatoms. The van der Waals surface area contributed by atoms with Gasteiger partial charge in [0.1, 0.15) is 5.82 Å². The molecule has 4 rings (SSSR count). The van der Waals surface area contributed by atoms with Crippen molar-refractivity contribution in [2.45, 2.75) is 12.8 Å². The van der Waals surface area contributed by atoms with Gasteiger partial charge >= 0.3 is 0 Å². The molecule has 0 radical (unpaired) electrons. The lowest BCUT2D eigenvalue weighted by molar-refractivity contribution is 0.0675. The van der Waals surface area contributed by atoms with Crippen LogP contribution in [-0.2, 0) is 4.74 Å². The number of ether oxygens (including phenoxy) is 1. The first kappa shape index (κ1) is 19.1. The Balaban J connectivity index is 1.49. The number of guanidine groups is 1. The average Bonchev–Trinajstić information content (AvgIpc) is 3.23. The molecule has 0 saturated carbocycles. The summed E-state index contributed by atoms with van der Waals surface area (Å²) in [5.41, 5.74) is 9.30. The minimum absolute atomic E-state index is 0.00183. The lowest BCUT2D eigenvalue weighted by Crippen LogP contribution is -2.44. The number of halogens is 1. The standard InChI is InChI=1S/C22H23FN4O2/c1-15(16-6-8-17(9-7-16)18-4-2-3-5-19(18)23)20-14-21(29-26-20)25-22(24)27-10-12-28-13-11-27/h2-9,14-15H,10-13H2,1H3,(H2,24,25). The van der Waals surface area contributed by atoms with Crippen molar-refractivity contribution in [2.75, 3.05) is 26.3 Å². The largest absolute Gasteiger partial charge is 0.378 e. The van der Waals surface area contributed by atoms with E-state index in [1.165, 1.54) is 6.07 Å². The molecular weight excluding hydrogens is 371 g/mol. The third kappa shape index (κ3) is 4.30. The number of aliphatic imine (C=N–C) groups is 1. The molecule has 1 fully saturated rings. The smallest absolute Gasteiger partial charge is 0.253 e. The quantitative estimate of drug-likeness (QED) is 0.536. The van der Waals surface area contributed by atoms with Crippen LogP contribution in [0.3, 0.4) is 0 Å². The van der Waals surface area contributed by atoms with Crippen LogP contribution in [0.2, 0.25) is 0 Å².